The molecular formula is C35H37F3N6O4. The molecule has 2 aromatic heterocycles. The summed E-state index contributed by atoms with van der Waals surface area (Å²) in [5.41, 5.74) is 2.27. The van der Waals surface area contributed by atoms with E-state index in [4.69, 9.17) is 14.1 Å². The van der Waals surface area contributed by atoms with Crippen molar-refractivity contribution in [2.24, 2.45) is 0 Å². The number of pyridine rings is 1. The van der Waals surface area contributed by atoms with Crippen LogP contribution in [0.5, 0.6) is 0 Å². The number of amides is 3. The van der Waals surface area contributed by atoms with Gasteiger partial charge in [0.2, 0.25) is 0 Å². The number of oxazole rings is 1. The van der Waals surface area contributed by atoms with E-state index in [0.29, 0.717) is 54.5 Å². The van der Waals surface area contributed by atoms with Crippen LogP contribution in [-0.4, -0.2) is 53.4 Å². The topological polar surface area (TPSA) is 113 Å². The van der Waals surface area contributed by atoms with Gasteiger partial charge in [-0.3, -0.25) is 4.90 Å². The molecule has 0 unspecified atom stereocenters. The molecule has 3 amide bonds. The van der Waals surface area contributed by atoms with E-state index in [1.54, 1.807) is 50.1 Å². The molecule has 4 aromatic rings. The second-order valence-electron chi connectivity index (χ2n) is 12.9. The Kier molecular flexibility index (Phi) is 9.04. The van der Waals surface area contributed by atoms with E-state index in [0.717, 1.165) is 48.3 Å². The van der Waals surface area contributed by atoms with Crippen molar-refractivity contribution in [1.29, 1.82) is 0 Å². The summed E-state index contributed by atoms with van der Waals surface area (Å²) in [7, 11) is 0. The van der Waals surface area contributed by atoms with Crippen LogP contribution < -0.4 is 20.4 Å². The zero-order valence-electron chi connectivity index (χ0n) is 26.9. The fraction of sp³-hybridized carbons (Fsp3) is 0.371. The summed E-state index contributed by atoms with van der Waals surface area (Å²) in [5, 5.41) is 5.79. The molecule has 1 saturated heterocycles. The third-order valence-corrected chi connectivity index (χ3v) is 8.24. The zero-order valence-corrected chi connectivity index (χ0v) is 26.9. The minimum atomic E-state index is -4.49. The molecule has 2 N–H and O–H groups in total. The van der Waals surface area contributed by atoms with E-state index in [1.165, 1.54) is 12.5 Å². The van der Waals surface area contributed by atoms with Crippen LogP contribution in [0.15, 0.2) is 71.6 Å². The van der Waals surface area contributed by atoms with Crippen molar-refractivity contribution in [3.63, 3.8) is 0 Å². The van der Waals surface area contributed by atoms with Crippen molar-refractivity contribution < 1.29 is 31.9 Å². The molecule has 2 aliphatic heterocycles. The molecule has 48 heavy (non-hydrogen) atoms. The lowest BCUT2D eigenvalue weighted by Crippen LogP contribution is -2.56. The highest BCUT2D eigenvalue weighted by Gasteiger charge is 2.38. The van der Waals surface area contributed by atoms with E-state index >= 15 is 0 Å². The number of aromatic nitrogens is 2. The Morgan fingerprint density at radius 2 is 1.92 bits per heavy atom. The van der Waals surface area contributed by atoms with Gasteiger partial charge in [-0.15, -0.1) is 0 Å². The number of fused-ring (bicyclic) bond motifs is 4. The Balaban J connectivity index is 1.24. The number of aryl methyl sites for hydroxylation is 1. The van der Waals surface area contributed by atoms with Crippen LogP contribution in [0.25, 0.3) is 22.6 Å². The van der Waals surface area contributed by atoms with Gasteiger partial charge in [0.25, 0.3) is 0 Å². The van der Waals surface area contributed by atoms with Crippen molar-refractivity contribution in [2.75, 3.05) is 34.8 Å². The monoisotopic (exact) mass is 662 g/mol. The third-order valence-electron chi connectivity index (χ3n) is 8.24. The lowest BCUT2D eigenvalue weighted by Gasteiger charge is -2.45. The third kappa shape index (κ3) is 7.40. The first-order chi connectivity index (χ1) is 22.9. The molecule has 0 saturated carbocycles. The van der Waals surface area contributed by atoms with Crippen LogP contribution in [0, 0.1) is 0 Å². The maximum atomic E-state index is 14.0. The molecule has 1 atom stereocenters. The number of nitrogens with zero attached hydrogens (tertiary/aromatic N) is 4. The number of alkyl carbamates (subject to hydrolysis) is 1. The molecule has 13 heteroatoms. The first-order valence-electron chi connectivity index (χ1n) is 15.9. The predicted molar refractivity (Wildman–Crippen MR) is 176 cm³/mol. The SMILES string of the molecule is CC(C)(C)OC(=O)NCCCc1ccc(NC(=O)N2c3nc(-c4cccc(C(F)(F)F)c4)ccc3N3CCC[C@H]2C3)cc1-c1cnco1. The van der Waals surface area contributed by atoms with E-state index in [2.05, 4.69) is 20.5 Å². The second kappa shape index (κ2) is 13.2. The van der Waals surface area contributed by atoms with Crippen molar-refractivity contribution in [2.45, 2.75) is 64.3 Å². The van der Waals surface area contributed by atoms with Gasteiger partial charge >= 0.3 is 18.3 Å². The van der Waals surface area contributed by atoms with Gasteiger partial charge in [0.15, 0.2) is 18.0 Å². The Morgan fingerprint density at radius 1 is 1.08 bits per heavy atom. The summed E-state index contributed by atoms with van der Waals surface area (Å²) < 4.78 is 51.3. The lowest BCUT2D eigenvalue weighted by molar-refractivity contribution is -0.137. The average molecular weight is 663 g/mol. The van der Waals surface area contributed by atoms with Crippen molar-refractivity contribution >= 4 is 29.3 Å². The first-order valence-corrected chi connectivity index (χ1v) is 15.9. The summed E-state index contributed by atoms with van der Waals surface area (Å²) in [6, 6.07) is 13.5. The largest absolute Gasteiger partial charge is 0.444 e. The number of alkyl halides is 3. The van der Waals surface area contributed by atoms with Gasteiger partial charge in [-0.1, -0.05) is 18.2 Å². The minimum absolute atomic E-state index is 0.166. The van der Waals surface area contributed by atoms with E-state index in [9.17, 15) is 22.8 Å². The molecule has 2 bridgehead atoms. The van der Waals surface area contributed by atoms with Crippen LogP contribution in [0.3, 0.4) is 0 Å². The maximum absolute atomic E-state index is 14.0. The van der Waals surface area contributed by atoms with Gasteiger partial charge < -0.3 is 24.7 Å². The number of hydrogen-bond donors (Lipinski definition) is 2. The molecule has 0 aliphatic carbocycles. The van der Waals surface area contributed by atoms with E-state index < -0.39 is 29.5 Å². The molecule has 4 heterocycles. The Labute approximate surface area is 276 Å². The van der Waals surface area contributed by atoms with Crippen molar-refractivity contribution in [1.82, 2.24) is 15.3 Å². The highest BCUT2D eigenvalue weighted by atomic mass is 19.4. The summed E-state index contributed by atoms with van der Waals surface area (Å²) in [4.78, 5) is 38.7. The molecule has 2 aromatic carbocycles. The minimum Gasteiger partial charge on any atom is -0.444 e. The van der Waals surface area contributed by atoms with Gasteiger partial charge in [0.05, 0.1) is 29.2 Å². The van der Waals surface area contributed by atoms with Crippen molar-refractivity contribution in [3.8, 4) is 22.6 Å². The number of halogens is 3. The smallest absolute Gasteiger partial charge is 0.416 e. The predicted octanol–water partition coefficient (Wildman–Crippen LogP) is 7.90. The van der Waals surface area contributed by atoms with Crippen LogP contribution in [-0.2, 0) is 17.3 Å². The maximum Gasteiger partial charge on any atom is 0.416 e. The quantitative estimate of drug-likeness (QED) is 0.194. The number of rotatable bonds is 7. The van der Waals surface area contributed by atoms with Crippen LogP contribution >= 0.6 is 0 Å². The first kappa shape index (κ1) is 32.9. The average Bonchev–Trinajstić information content (AvgIpc) is 3.58. The van der Waals surface area contributed by atoms with Crippen LogP contribution in [0.1, 0.15) is 51.2 Å². The van der Waals surface area contributed by atoms with Gasteiger partial charge in [-0.2, -0.15) is 13.2 Å². The Hall–Kier alpha value is -5.07. The molecule has 2 aliphatic rings. The van der Waals surface area contributed by atoms with Gasteiger partial charge in [-0.25, -0.2) is 19.6 Å². The number of carbonyl (C=O) groups excluding carboxylic acids is 2. The Morgan fingerprint density at radius 3 is 2.67 bits per heavy atom. The molecule has 1 fully saturated rings. The fourth-order valence-corrected chi connectivity index (χ4v) is 6.12. The van der Waals surface area contributed by atoms with Gasteiger partial charge in [0.1, 0.15) is 5.60 Å². The lowest BCUT2D eigenvalue weighted by atomic mass is 9.99. The number of urea groups is 1. The number of piperidine rings is 1. The second-order valence-corrected chi connectivity index (χ2v) is 12.9. The molecule has 10 nitrogen and oxygen atoms in total. The number of nitrogens with one attached hydrogen (secondary N) is 2. The van der Waals surface area contributed by atoms with Gasteiger partial charge in [-0.05, 0) is 88.4 Å². The van der Waals surface area contributed by atoms with Crippen LogP contribution in [0.4, 0.5) is 40.0 Å². The van der Waals surface area contributed by atoms with Crippen molar-refractivity contribution in [3.05, 3.63) is 78.3 Å². The highest BCUT2D eigenvalue weighted by Crippen LogP contribution is 2.40. The number of benzene rings is 2. The van der Waals surface area contributed by atoms with E-state index in [1.807, 2.05) is 18.2 Å². The van der Waals surface area contributed by atoms with E-state index in [-0.39, 0.29) is 6.04 Å². The normalized spacial score (nSPS) is 15.9. The molecule has 6 rings (SSSR count). The standard InChI is InChI=1S/C35H37F3N6O4/c1-34(2,3)48-33(46)40-15-5-8-22-11-12-25(18-27(22)30-19-39-21-47-30)41-32(45)44-26-10-6-16-43(20-26)29-14-13-28(42-31(29)44)23-7-4-9-24(17-23)35(36,37)38/h4,7,9,11-14,17-19,21,26H,5-6,8,10,15-16,20H2,1-3H3,(H,40,46)(H,41,45)/t26-/m0/s1. The summed E-state index contributed by atoms with van der Waals surface area (Å²) in [6.07, 6.45) is 0.855. The number of hydrogen-bond acceptors (Lipinski definition) is 7. The van der Waals surface area contributed by atoms with Crippen LogP contribution in [0.2, 0.25) is 0 Å². The summed E-state index contributed by atoms with van der Waals surface area (Å²) >= 11 is 0. The Bertz CT molecular complexity index is 1790. The molecular weight excluding hydrogens is 625 g/mol. The number of anilines is 3. The summed E-state index contributed by atoms with van der Waals surface area (Å²) in [5.74, 6) is 0.933. The molecule has 0 spiro atoms. The molecule has 0 radical (unpaired) electrons. The summed E-state index contributed by atoms with van der Waals surface area (Å²) in [6.45, 7) is 7.26. The fourth-order valence-electron chi connectivity index (χ4n) is 6.12. The number of carbonyl (C=O) groups is 2. The zero-order chi connectivity index (χ0) is 34.1. The highest BCUT2D eigenvalue weighted by molar-refractivity contribution is 6.05. The van der Waals surface area contributed by atoms with Gasteiger partial charge in [0, 0.05) is 36.4 Å². The molecule has 252 valence electrons. The number of ether oxygens (including phenoxy) is 1.